The normalized spacial score (nSPS) is 21.3. The highest BCUT2D eigenvalue weighted by Crippen LogP contribution is 2.42. The van der Waals surface area contributed by atoms with Gasteiger partial charge in [-0.3, -0.25) is 4.79 Å². The summed E-state index contributed by atoms with van der Waals surface area (Å²) in [5, 5.41) is 1.10. The largest absolute Gasteiger partial charge is 0.337 e. The number of rotatable bonds is 5. The average molecular weight is 465 g/mol. The minimum Gasteiger partial charge on any atom is -0.337 e. The molecule has 0 N–H and O–H groups in total. The summed E-state index contributed by atoms with van der Waals surface area (Å²) in [6.45, 7) is 10.7. The Kier molecular flexibility index (Phi) is 7.42. The monoisotopic (exact) mass is 464 g/mol. The Balaban J connectivity index is 1.74. The zero-order valence-corrected chi connectivity index (χ0v) is 20.5. The Morgan fingerprint density at radius 2 is 1.90 bits per heavy atom. The average Bonchev–Trinajstić information content (AvgIpc) is 2.84. The molecule has 1 fully saturated rings. The Morgan fingerprint density at radius 1 is 1.17 bits per heavy atom. The van der Waals surface area contributed by atoms with Gasteiger partial charge in [-0.1, -0.05) is 63.0 Å². The van der Waals surface area contributed by atoms with Crippen LogP contribution in [0.5, 0.6) is 0 Å². The second-order valence-electron chi connectivity index (χ2n) is 9.34. The molecule has 162 valence electrons. The highest BCUT2D eigenvalue weighted by atomic mass is 35.5. The lowest BCUT2D eigenvalue weighted by Crippen LogP contribution is -2.39. The highest BCUT2D eigenvalue weighted by molar-refractivity contribution is 7.98. The molecule has 1 aliphatic heterocycles. The van der Waals surface area contributed by atoms with E-state index < -0.39 is 0 Å². The Labute approximate surface area is 194 Å². The van der Waals surface area contributed by atoms with Gasteiger partial charge >= 0.3 is 0 Å². The van der Waals surface area contributed by atoms with Crippen LogP contribution in [-0.4, -0.2) is 28.9 Å². The van der Waals surface area contributed by atoms with Gasteiger partial charge in [-0.2, -0.15) is 0 Å². The van der Waals surface area contributed by atoms with Crippen molar-refractivity contribution in [2.45, 2.75) is 57.6 Å². The van der Waals surface area contributed by atoms with E-state index in [1.807, 2.05) is 35.2 Å². The van der Waals surface area contributed by atoms with Crippen molar-refractivity contribution in [3.63, 3.8) is 0 Å². The van der Waals surface area contributed by atoms with Gasteiger partial charge in [0.1, 0.15) is 5.69 Å². The van der Waals surface area contributed by atoms with Crippen molar-refractivity contribution in [3.8, 4) is 0 Å². The molecule has 3 nitrogen and oxygen atoms in total. The number of amides is 1. The van der Waals surface area contributed by atoms with Crippen molar-refractivity contribution in [2.75, 3.05) is 13.1 Å². The molecule has 1 saturated heterocycles. The number of aromatic nitrogens is 1. The molecule has 0 spiro atoms. The van der Waals surface area contributed by atoms with Gasteiger partial charge in [-0.15, -0.1) is 11.8 Å². The first-order chi connectivity index (χ1) is 14.1. The van der Waals surface area contributed by atoms with Crippen LogP contribution in [0.15, 0.2) is 41.3 Å². The van der Waals surface area contributed by atoms with Crippen molar-refractivity contribution in [2.24, 2.45) is 10.8 Å². The second-order valence-corrected chi connectivity index (χ2v) is 11.1. The molecular weight excluding hydrogens is 435 g/mol. The van der Waals surface area contributed by atoms with Crippen LogP contribution in [0.4, 0.5) is 0 Å². The summed E-state index contributed by atoms with van der Waals surface area (Å²) in [6, 6.07) is 11.3. The summed E-state index contributed by atoms with van der Waals surface area (Å²) in [4.78, 5) is 20.9. The molecule has 1 amide bonds. The second kappa shape index (κ2) is 9.50. The van der Waals surface area contributed by atoms with E-state index in [9.17, 15) is 4.79 Å². The number of likely N-dealkylation sites (tertiary alicyclic amines) is 1. The van der Waals surface area contributed by atoms with Crippen LogP contribution in [0.1, 0.15) is 63.1 Å². The van der Waals surface area contributed by atoms with Gasteiger partial charge < -0.3 is 4.90 Å². The summed E-state index contributed by atoms with van der Waals surface area (Å²) < 4.78 is 0. The van der Waals surface area contributed by atoms with E-state index in [1.165, 1.54) is 0 Å². The van der Waals surface area contributed by atoms with Gasteiger partial charge in [0.2, 0.25) is 0 Å². The number of thioether (sulfide) groups is 1. The number of carbonyl (C=O) groups is 1. The highest BCUT2D eigenvalue weighted by Gasteiger charge is 2.38. The van der Waals surface area contributed by atoms with Crippen LogP contribution in [0.3, 0.4) is 0 Å². The minimum atomic E-state index is 0.0278. The first-order valence-electron chi connectivity index (χ1n) is 10.4. The number of hydrogen-bond donors (Lipinski definition) is 0. The zero-order chi connectivity index (χ0) is 21.9. The smallest absolute Gasteiger partial charge is 0.272 e. The fourth-order valence-electron chi connectivity index (χ4n) is 4.28. The lowest BCUT2D eigenvalue weighted by Gasteiger charge is -2.35. The minimum absolute atomic E-state index is 0.0278. The van der Waals surface area contributed by atoms with Crippen molar-refractivity contribution in [3.05, 3.63) is 57.8 Å². The maximum Gasteiger partial charge on any atom is 0.272 e. The van der Waals surface area contributed by atoms with Crippen molar-refractivity contribution >= 4 is 40.9 Å². The third-order valence-electron chi connectivity index (χ3n) is 5.99. The van der Waals surface area contributed by atoms with E-state index in [-0.39, 0.29) is 16.7 Å². The van der Waals surface area contributed by atoms with Crippen LogP contribution in [-0.2, 0) is 5.75 Å². The molecule has 0 radical (unpaired) electrons. The summed E-state index contributed by atoms with van der Waals surface area (Å²) in [7, 11) is 0. The number of nitrogens with zero attached hydrogens (tertiary/aromatic N) is 2. The van der Waals surface area contributed by atoms with E-state index in [1.54, 1.807) is 17.8 Å². The van der Waals surface area contributed by atoms with Crippen LogP contribution in [0, 0.1) is 10.8 Å². The predicted molar refractivity (Wildman–Crippen MR) is 128 cm³/mol. The van der Waals surface area contributed by atoms with Gasteiger partial charge in [0.25, 0.3) is 5.91 Å². The molecule has 1 atom stereocenters. The molecule has 1 aliphatic rings. The SMILES string of the molecule is CC[C@@]1(C)CN(C(=O)c2cccc(CSc3cccc(Cl)c3Cl)n2)CCC(C)(C)C1. The molecule has 0 unspecified atom stereocenters. The zero-order valence-electron chi connectivity index (χ0n) is 18.2. The summed E-state index contributed by atoms with van der Waals surface area (Å²) >= 11 is 14.0. The van der Waals surface area contributed by atoms with Crippen LogP contribution >= 0.6 is 35.0 Å². The molecule has 30 heavy (non-hydrogen) atoms. The summed E-state index contributed by atoms with van der Waals surface area (Å²) in [5.74, 6) is 0.654. The molecule has 0 bridgehead atoms. The van der Waals surface area contributed by atoms with Gasteiger partial charge in [-0.05, 0) is 54.4 Å². The number of hydrogen-bond acceptors (Lipinski definition) is 3. The fourth-order valence-corrected chi connectivity index (χ4v) is 5.67. The third-order valence-corrected chi connectivity index (χ3v) is 8.02. The Hall–Kier alpha value is -1.23. The van der Waals surface area contributed by atoms with Gasteiger partial charge in [-0.25, -0.2) is 4.98 Å². The van der Waals surface area contributed by atoms with Gasteiger partial charge in [0.05, 0.1) is 15.7 Å². The molecule has 0 aliphatic carbocycles. The van der Waals surface area contributed by atoms with E-state index in [0.717, 1.165) is 42.9 Å². The maximum absolute atomic E-state index is 13.3. The van der Waals surface area contributed by atoms with E-state index in [4.69, 9.17) is 23.2 Å². The van der Waals surface area contributed by atoms with Gasteiger partial charge in [0.15, 0.2) is 0 Å². The first-order valence-corrected chi connectivity index (χ1v) is 12.2. The fraction of sp³-hybridized carbons (Fsp3) is 0.500. The molecule has 3 rings (SSSR count). The van der Waals surface area contributed by atoms with Crippen molar-refractivity contribution < 1.29 is 4.79 Å². The third kappa shape index (κ3) is 5.72. The standard InChI is InChI=1S/C24H30Cl2N2OS/c1-5-24(4)15-23(2,3)12-13-28(16-24)22(29)19-10-6-8-17(27-19)14-30-20-11-7-9-18(25)21(20)26/h6-11H,5,12-16H2,1-4H3/t24-/m1/s1. The van der Waals surface area contributed by atoms with Crippen molar-refractivity contribution in [1.29, 1.82) is 0 Å². The summed E-state index contributed by atoms with van der Waals surface area (Å²) in [5.41, 5.74) is 1.74. The Bertz CT molecular complexity index is 918. The van der Waals surface area contributed by atoms with E-state index >= 15 is 0 Å². The van der Waals surface area contributed by atoms with Crippen LogP contribution < -0.4 is 0 Å². The topological polar surface area (TPSA) is 33.2 Å². The Morgan fingerprint density at radius 3 is 2.63 bits per heavy atom. The number of benzene rings is 1. The van der Waals surface area contributed by atoms with E-state index in [2.05, 4.69) is 32.7 Å². The summed E-state index contributed by atoms with van der Waals surface area (Å²) in [6.07, 6.45) is 3.20. The number of halogens is 2. The first kappa shape index (κ1) is 23.4. The van der Waals surface area contributed by atoms with Crippen LogP contribution in [0.25, 0.3) is 0 Å². The quantitative estimate of drug-likeness (QED) is 0.433. The maximum atomic E-state index is 13.3. The van der Waals surface area contributed by atoms with Crippen molar-refractivity contribution in [1.82, 2.24) is 9.88 Å². The lowest BCUT2D eigenvalue weighted by atomic mass is 9.72. The molecule has 0 saturated carbocycles. The number of carbonyl (C=O) groups excluding carboxylic acids is 1. The van der Waals surface area contributed by atoms with Crippen LogP contribution in [0.2, 0.25) is 10.0 Å². The molecule has 6 heteroatoms. The van der Waals surface area contributed by atoms with Gasteiger partial charge in [0, 0.05) is 23.7 Å². The molecule has 2 heterocycles. The molecule has 2 aromatic rings. The van der Waals surface area contributed by atoms with E-state index in [0.29, 0.717) is 21.5 Å². The molecule has 1 aromatic heterocycles. The number of pyridine rings is 1. The molecular formula is C24H30Cl2N2OS. The molecule has 1 aromatic carbocycles. The lowest BCUT2D eigenvalue weighted by molar-refractivity contribution is 0.0682. The predicted octanol–water partition coefficient (Wildman–Crippen LogP) is 7.36.